The number of amides is 3. The Bertz CT molecular complexity index is 4620. The number of carbonyl (C=O) groups is 3. The number of benzene rings is 4. The van der Waals surface area contributed by atoms with Crippen molar-refractivity contribution in [2.45, 2.75) is 77.4 Å². The van der Waals surface area contributed by atoms with Crippen LogP contribution >= 0.6 is 57.1 Å². The molecule has 3 amide bonds. The van der Waals surface area contributed by atoms with Gasteiger partial charge in [0.25, 0.3) is 0 Å². The maximum absolute atomic E-state index is 11.9. The van der Waals surface area contributed by atoms with Crippen molar-refractivity contribution in [2.24, 2.45) is 23.5 Å². The zero-order valence-electron chi connectivity index (χ0n) is 56.3. The van der Waals surface area contributed by atoms with E-state index in [1.807, 2.05) is 87.8 Å². The first-order valence-electron chi connectivity index (χ1n) is 32.8. The third-order valence-electron chi connectivity index (χ3n) is 18.4. The standard InChI is InChI=1S/C29H29N7O2S.C22H24ClN5O2.C14H21N3O2.C8H4ClIN2/c1-17(37)36-11-7-18(8-12-36)27(20-4-6-26(38-2)33-16-20)34-21-14-22(28-24(15-21)31-9-10-32-28)19-3-5-25-23(13-19)35-29(30)39-25;1-14(29)28-9-5-15(6-10-28)21(16-3-4-20(30-2)26-13-16)27-17-11-18(23)22-19(12-17)24-7-8-25-22;1-10(18)17-7-5-11(6-8-17)14(15)12-3-4-13(19-2)16-9-12;9-6-3-5(10)4-7-8(6)12-2-1-11-7/h3-6,9-10,13-16,18,27,34H,7-8,11-12H2,1-2H3,(H2,30,35);3-4,7-8,11-13,15,21,27H,5-6,9-10H2,1-2H3;3-4,9,11,14H,5-8,15H2,1-2H3;1-4H. The number of pyridine rings is 3. The van der Waals surface area contributed by atoms with Gasteiger partial charge in [-0.15, -0.1) is 0 Å². The molecule has 7 aromatic heterocycles. The molecule has 3 fully saturated rings. The third-order valence-corrected chi connectivity index (χ3v) is 20.4. The molecule has 0 bridgehead atoms. The predicted octanol–water partition coefficient (Wildman–Crippen LogP) is 13.6. The second kappa shape index (κ2) is 33.7. The largest absolute Gasteiger partial charge is 0.481 e. The van der Waals surface area contributed by atoms with Crippen LogP contribution in [0.5, 0.6) is 17.6 Å². The number of nitrogens with zero attached hydrogens (tertiary/aromatic N) is 13. The summed E-state index contributed by atoms with van der Waals surface area (Å²) in [5.74, 6) is 3.22. The number of anilines is 3. The summed E-state index contributed by atoms with van der Waals surface area (Å²) in [4.78, 5) is 84.5. The Balaban J connectivity index is 0.000000146. The fraction of sp³-hybridized carbons (Fsp3) is 0.329. The number of methoxy groups -OCH3 is 3. The van der Waals surface area contributed by atoms with Crippen molar-refractivity contribution >= 4 is 135 Å². The van der Waals surface area contributed by atoms with Gasteiger partial charge >= 0.3 is 0 Å². The number of rotatable bonds is 14. The maximum Gasteiger partial charge on any atom is 0.219 e. The molecule has 0 saturated carbocycles. The highest BCUT2D eigenvalue weighted by Crippen LogP contribution is 2.40. The second-order valence-corrected chi connectivity index (χ2v) is 27.7. The number of halogens is 3. The van der Waals surface area contributed by atoms with Gasteiger partial charge in [0.15, 0.2) is 5.13 Å². The Morgan fingerprint density at radius 3 is 1.36 bits per heavy atom. The summed E-state index contributed by atoms with van der Waals surface area (Å²) in [6.07, 6.45) is 21.0. The molecule has 3 atom stereocenters. The number of ether oxygens (including phenoxy) is 3. The van der Waals surface area contributed by atoms with Crippen LogP contribution in [0.2, 0.25) is 10.0 Å². The van der Waals surface area contributed by atoms with Gasteiger partial charge in [-0.2, -0.15) is 0 Å². The molecule has 10 heterocycles. The number of hydrogen-bond donors (Lipinski definition) is 4. The molecule has 0 aliphatic carbocycles. The van der Waals surface area contributed by atoms with Crippen molar-refractivity contribution < 1.29 is 28.6 Å². The Kier molecular flexibility index (Phi) is 24.3. The number of likely N-dealkylation sites (tertiary alicyclic amines) is 3. The van der Waals surface area contributed by atoms with Crippen molar-refractivity contribution in [3.63, 3.8) is 0 Å². The number of piperidine rings is 3. The molecule has 518 valence electrons. The number of nitrogens with one attached hydrogen (secondary N) is 2. The molecule has 3 aliphatic heterocycles. The summed E-state index contributed by atoms with van der Waals surface area (Å²) < 4.78 is 17.7. The van der Waals surface area contributed by atoms with Gasteiger partial charge in [-0.05, 0) is 150 Å². The number of aromatic nitrogens is 10. The van der Waals surface area contributed by atoms with Gasteiger partial charge in [0.1, 0.15) is 11.0 Å². The SMILES string of the molecule is COc1ccc(C(N)C2CCN(C(C)=O)CC2)cn1.COc1ccc(C(Nc2cc(-c3ccc4sc(N)nc4c3)c3nccnc3c2)C2CCN(C(C)=O)CC2)cn1.COc1ccc(C(Nc2cc(Cl)c3nccnc3c2)C2CCN(C(C)=O)CC2)cn1.Clc1cc(I)cc2nccnc12. The molecular formula is C73H78Cl2IN17O6S. The van der Waals surface area contributed by atoms with Gasteiger partial charge in [0.05, 0.1) is 75.7 Å². The van der Waals surface area contributed by atoms with E-state index in [-0.39, 0.29) is 35.8 Å². The summed E-state index contributed by atoms with van der Waals surface area (Å²) >= 11 is 16.1. The minimum absolute atomic E-state index is 0.0136. The normalized spacial score (nSPS) is 15.3. The van der Waals surface area contributed by atoms with Crippen LogP contribution in [-0.2, 0) is 14.4 Å². The number of nitrogen functional groups attached to an aromatic ring is 1. The Hall–Kier alpha value is -9.28. The van der Waals surface area contributed by atoms with Crippen LogP contribution in [0.1, 0.15) is 94.1 Å². The van der Waals surface area contributed by atoms with Crippen LogP contribution in [0.4, 0.5) is 16.5 Å². The fourth-order valence-corrected chi connectivity index (χ4v) is 15.0. The van der Waals surface area contributed by atoms with Gasteiger partial charge in [-0.3, -0.25) is 44.3 Å². The van der Waals surface area contributed by atoms with E-state index in [1.54, 1.807) is 85.5 Å². The van der Waals surface area contributed by atoms with Crippen molar-refractivity contribution in [2.75, 3.05) is 77.0 Å². The molecule has 0 radical (unpaired) electrons. The quantitative estimate of drug-likeness (QED) is 0.0736. The highest BCUT2D eigenvalue weighted by Gasteiger charge is 2.32. The van der Waals surface area contributed by atoms with E-state index in [0.29, 0.717) is 56.1 Å². The monoisotopic (exact) mass is 1520 g/mol. The van der Waals surface area contributed by atoms with Crippen molar-refractivity contribution in [3.8, 4) is 28.8 Å². The molecule has 0 spiro atoms. The van der Waals surface area contributed by atoms with E-state index in [2.05, 4.69) is 113 Å². The average Bonchev–Trinajstić information content (AvgIpc) is 1.35. The minimum Gasteiger partial charge on any atom is -0.481 e. The molecular weight excluding hydrogens is 1440 g/mol. The van der Waals surface area contributed by atoms with Crippen molar-refractivity contribution in [3.05, 3.63) is 177 Å². The van der Waals surface area contributed by atoms with E-state index < -0.39 is 0 Å². The lowest BCUT2D eigenvalue weighted by Gasteiger charge is -2.36. The first kappa shape index (κ1) is 72.0. The maximum atomic E-state index is 11.9. The Labute approximate surface area is 607 Å². The molecule has 11 aromatic rings. The van der Waals surface area contributed by atoms with E-state index in [1.165, 1.54) is 11.3 Å². The summed E-state index contributed by atoms with van der Waals surface area (Å²) in [7, 11) is 4.82. The summed E-state index contributed by atoms with van der Waals surface area (Å²) in [5.41, 5.74) is 24.7. The molecule has 3 aliphatic rings. The van der Waals surface area contributed by atoms with Crippen LogP contribution in [0.3, 0.4) is 0 Å². The van der Waals surface area contributed by atoms with Gasteiger partial charge < -0.3 is 51.0 Å². The predicted molar refractivity (Wildman–Crippen MR) is 401 cm³/mol. The minimum atomic E-state index is -0.0208. The lowest BCUT2D eigenvalue weighted by Crippen LogP contribution is -2.39. The second-order valence-electron chi connectivity index (χ2n) is 24.6. The number of thiazole rings is 1. The molecule has 27 heteroatoms. The smallest absolute Gasteiger partial charge is 0.219 e. The van der Waals surface area contributed by atoms with E-state index in [9.17, 15) is 14.4 Å². The number of hydrogen-bond acceptors (Lipinski definition) is 21. The van der Waals surface area contributed by atoms with Crippen LogP contribution in [0, 0.1) is 21.3 Å². The number of nitrogens with two attached hydrogens (primary N) is 2. The van der Waals surface area contributed by atoms with Crippen molar-refractivity contribution in [1.29, 1.82) is 0 Å². The van der Waals surface area contributed by atoms with Gasteiger partial charge in [-0.1, -0.05) is 58.8 Å². The molecule has 14 rings (SSSR count). The molecule has 4 aromatic carbocycles. The van der Waals surface area contributed by atoms with E-state index in [4.69, 9.17) is 48.9 Å². The summed E-state index contributed by atoms with van der Waals surface area (Å²) in [6.45, 7) is 9.49. The molecule has 6 N–H and O–H groups in total. The summed E-state index contributed by atoms with van der Waals surface area (Å²) in [6, 6.07) is 29.7. The van der Waals surface area contributed by atoms with Crippen LogP contribution in [0.25, 0.3) is 54.4 Å². The Morgan fingerprint density at radius 2 is 0.910 bits per heavy atom. The molecule has 3 unspecified atom stereocenters. The summed E-state index contributed by atoms with van der Waals surface area (Å²) in [5, 5.41) is 9.21. The average molecular weight is 1520 g/mol. The number of carbonyl (C=O) groups excluding carboxylic acids is 3. The highest BCUT2D eigenvalue weighted by atomic mass is 127. The molecule has 23 nitrogen and oxygen atoms in total. The Morgan fingerprint density at radius 1 is 0.500 bits per heavy atom. The third kappa shape index (κ3) is 18.0. The zero-order chi connectivity index (χ0) is 70.4. The van der Waals surface area contributed by atoms with Gasteiger partial charge in [0.2, 0.25) is 35.4 Å². The molecule has 100 heavy (non-hydrogen) atoms. The lowest BCUT2D eigenvalue weighted by atomic mass is 9.85. The van der Waals surface area contributed by atoms with Crippen LogP contribution in [0.15, 0.2) is 147 Å². The van der Waals surface area contributed by atoms with Gasteiger partial charge in [0, 0.05) is 161 Å². The van der Waals surface area contributed by atoms with E-state index >= 15 is 0 Å². The first-order valence-corrected chi connectivity index (χ1v) is 35.5. The first-order chi connectivity index (χ1) is 48.4. The lowest BCUT2D eigenvalue weighted by molar-refractivity contribution is -0.131. The fourth-order valence-electron chi connectivity index (χ4n) is 13.0. The van der Waals surface area contributed by atoms with E-state index in [0.717, 1.165) is 158 Å². The van der Waals surface area contributed by atoms with Crippen LogP contribution < -0.4 is 36.3 Å². The highest BCUT2D eigenvalue weighted by molar-refractivity contribution is 14.1. The van der Waals surface area contributed by atoms with Gasteiger partial charge in [-0.25, -0.2) is 19.9 Å². The van der Waals surface area contributed by atoms with Crippen LogP contribution in [-0.4, -0.2) is 143 Å². The zero-order valence-corrected chi connectivity index (χ0v) is 60.8. The van der Waals surface area contributed by atoms with Crippen molar-refractivity contribution in [1.82, 2.24) is 64.5 Å². The number of fused-ring (bicyclic) bond motifs is 4. The topological polar surface area (TPSA) is 294 Å². The molecule has 3 saturated heterocycles.